The Labute approximate surface area is 295 Å². The smallest absolute Gasteiger partial charge is 0.160 e. The average Bonchev–Trinajstić information content (AvgIpc) is 3.66. The van der Waals surface area contributed by atoms with E-state index in [1.54, 1.807) is 0 Å². The molecule has 0 spiro atoms. The fourth-order valence-corrected chi connectivity index (χ4v) is 9.11. The molecule has 0 N–H and O–H groups in total. The van der Waals surface area contributed by atoms with Crippen LogP contribution < -0.4 is 0 Å². The summed E-state index contributed by atoms with van der Waals surface area (Å²) in [6, 6.07) is 56.9. The summed E-state index contributed by atoms with van der Waals surface area (Å²) in [6.45, 7) is 4.67. The van der Waals surface area contributed by atoms with Crippen molar-refractivity contribution in [1.82, 2.24) is 9.97 Å². The van der Waals surface area contributed by atoms with Crippen molar-refractivity contribution >= 4 is 42.4 Å². The molecule has 2 nitrogen and oxygen atoms in total. The van der Waals surface area contributed by atoms with Crippen LogP contribution in [0.4, 0.5) is 0 Å². The van der Waals surface area contributed by atoms with Gasteiger partial charge < -0.3 is 0 Å². The van der Waals surface area contributed by atoms with Crippen molar-refractivity contribution in [1.29, 1.82) is 0 Å². The van der Waals surface area contributed by atoms with Crippen molar-refractivity contribution in [3.05, 3.63) is 169 Å². The van der Waals surface area contributed by atoms with Gasteiger partial charge >= 0.3 is 0 Å². The molecule has 0 fully saturated rings. The van der Waals surface area contributed by atoms with E-state index in [-0.39, 0.29) is 5.41 Å². The van der Waals surface area contributed by atoms with Crippen LogP contribution in [0, 0.1) is 0 Å². The number of nitrogens with zero attached hydrogens (tertiary/aromatic N) is 2. The first-order valence-corrected chi connectivity index (χ1v) is 18.0. The molecule has 7 aromatic carbocycles. The zero-order valence-electron chi connectivity index (χ0n) is 27.8. The van der Waals surface area contributed by atoms with E-state index < -0.39 is 0 Å². The Hall–Kier alpha value is -5.90. The molecule has 0 bridgehead atoms. The van der Waals surface area contributed by atoms with Gasteiger partial charge in [0.05, 0.1) is 11.2 Å². The van der Waals surface area contributed by atoms with Crippen LogP contribution in [0.5, 0.6) is 0 Å². The third kappa shape index (κ3) is 4.47. The molecule has 0 atom stereocenters. The highest BCUT2D eigenvalue weighted by Crippen LogP contribution is 2.52. The molecule has 0 radical (unpaired) electrons. The van der Waals surface area contributed by atoms with Gasteiger partial charge in [-0.1, -0.05) is 135 Å². The Balaban J connectivity index is 1.20. The molecule has 0 saturated heterocycles. The van der Waals surface area contributed by atoms with Gasteiger partial charge in [0, 0.05) is 42.1 Å². The van der Waals surface area contributed by atoms with E-state index >= 15 is 0 Å². The van der Waals surface area contributed by atoms with Gasteiger partial charge in [-0.25, -0.2) is 9.97 Å². The van der Waals surface area contributed by atoms with E-state index in [2.05, 4.69) is 172 Å². The molecule has 9 aromatic rings. The topological polar surface area (TPSA) is 25.8 Å². The monoisotopic (exact) mass is 656 g/mol. The maximum atomic E-state index is 5.48. The van der Waals surface area contributed by atoms with Gasteiger partial charge in [-0.05, 0) is 80.9 Å². The second-order valence-electron chi connectivity index (χ2n) is 13.8. The Bertz CT molecular complexity index is 2790. The van der Waals surface area contributed by atoms with Crippen LogP contribution in [0.2, 0.25) is 0 Å². The number of hydrogen-bond acceptors (Lipinski definition) is 3. The summed E-state index contributed by atoms with van der Waals surface area (Å²) in [7, 11) is 0. The molecule has 2 heterocycles. The van der Waals surface area contributed by atoms with Crippen molar-refractivity contribution in [2.45, 2.75) is 19.3 Å². The van der Waals surface area contributed by atoms with Crippen LogP contribution in [0.1, 0.15) is 25.0 Å². The first-order chi connectivity index (χ1) is 24.5. The summed E-state index contributed by atoms with van der Waals surface area (Å²) in [4.78, 5) is 10.9. The summed E-state index contributed by atoms with van der Waals surface area (Å²) >= 11 is 1.84. The summed E-state index contributed by atoms with van der Waals surface area (Å²) in [5.41, 5.74) is 13.8. The molecule has 0 unspecified atom stereocenters. The zero-order chi connectivity index (χ0) is 33.4. The van der Waals surface area contributed by atoms with Crippen molar-refractivity contribution in [2.75, 3.05) is 0 Å². The lowest BCUT2D eigenvalue weighted by molar-refractivity contribution is 0.664. The van der Waals surface area contributed by atoms with Crippen LogP contribution in [-0.2, 0) is 5.41 Å². The average molecular weight is 657 g/mol. The Kier molecular flexibility index (Phi) is 6.43. The molecular weight excluding hydrogens is 625 g/mol. The number of rotatable bonds is 4. The van der Waals surface area contributed by atoms with Gasteiger partial charge in [0.1, 0.15) is 0 Å². The maximum absolute atomic E-state index is 5.48. The van der Waals surface area contributed by atoms with Crippen LogP contribution in [-0.4, -0.2) is 9.97 Å². The predicted octanol–water partition coefficient (Wildman–Crippen LogP) is 13.0. The lowest BCUT2D eigenvalue weighted by atomic mass is 9.81. The lowest BCUT2D eigenvalue weighted by Gasteiger charge is -2.23. The van der Waals surface area contributed by atoms with Crippen molar-refractivity contribution in [3.8, 4) is 56.0 Å². The van der Waals surface area contributed by atoms with Crippen LogP contribution >= 0.6 is 11.3 Å². The SMILES string of the molecule is CC1(C)c2ccccc2-c2ccc3c(-c4ccc5sc6ccccc6c5c4)nc(-c4cccc(-c5cccc(-c6ccccc6)c5)c4)nc3c21. The highest BCUT2D eigenvalue weighted by Gasteiger charge is 2.37. The minimum atomic E-state index is -0.207. The zero-order valence-corrected chi connectivity index (χ0v) is 28.6. The molecule has 2 aromatic heterocycles. The fraction of sp³-hybridized carbons (Fsp3) is 0.0638. The van der Waals surface area contributed by atoms with E-state index in [4.69, 9.17) is 9.97 Å². The summed E-state index contributed by atoms with van der Waals surface area (Å²) in [5.74, 6) is 0.740. The van der Waals surface area contributed by atoms with Gasteiger partial charge in [0.2, 0.25) is 0 Å². The molecule has 0 aliphatic heterocycles. The van der Waals surface area contributed by atoms with Crippen molar-refractivity contribution < 1.29 is 0 Å². The molecular formula is C47H32N2S. The first-order valence-electron chi connectivity index (χ1n) is 17.2. The van der Waals surface area contributed by atoms with E-state index in [1.165, 1.54) is 59.1 Å². The van der Waals surface area contributed by atoms with Gasteiger partial charge in [-0.2, -0.15) is 0 Å². The van der Waals surface area contributed by atoms with E-state index in [9.17, 15) is 0 Å². The molecule has 10 rings (SSSR count). The number of hydrogen-bond donors (Lipinski definition) is 0. The third-order valence-corrected chi connectivity index (χ3v) is 11.6. The van der Waals surface area contributed by atoms with Crippen molar-refractivity contribution in [2.24, 2.45) is 0 Å². The van der Waals surface area contributed by atoms with Gasteiger partial charge in [0.15, 0.2) is 5.82 Å². The number of aromatic nitrogens is 2. The first kappa shape index (κ1) is 29.1. The summed E-state index contributed by atoms with van der Waals surface area (Å²) in [5, 5.41) is 3.64. The Morgan fingerprint density at radius 2 is 1.10 bits per heavy atom. The van der Waals surface area contributed by atoms with Crippen LogP contribution in [0.15, 0.2) is 158 Å². The van der Waals surface area contributed by atoms with Gasteiger partial charge in [-0.3, -0.25) is 0 Å². The normalized spacial score (nSPS) is 13.2. The van der Waals surface area contributed by atoms with E-state index in [1.807, 2.05) is 11.3 Å². The molecule has 0 saturated carbocycles. The minimum absolute atomic E-state index is 0.207. The van der Waals surface area contributed by atoms with Gasteiger partial charge in [-0.15, -0.1) is 11.3 Å². The molecule has 3 heteroatoms. The maximum Gasteiger partial charge on any atom is 0.160 e. The highest BCUT2D eigenvalue weighted by molar-refractivity contribution is 7.25. The number of benzene rings is 7. The summed E-state index contributed by atoms with van der Waals surface area (Å²) in [6.07, 6.45) is 0. The quantitative estimate of drug-likeness (QED) is 0.188. The summed E-state index contributed by atoms with van der Waals surface area (Å²) < 4.78 is 2.59. The molecule has 0 amide bonds. The Morgan fingerprint density at radius 1 is 0.440 bits per heavy atom. The molecule has 1 aliphatic rings. The second-order valence-corrected chi connectivity index (χ2v) is 14.9. The predicted molar refractivity (Wildman–Crippen MR) is 212 cm³/mol. The number of thiophene rings is 1. The van der Waals surface area contributed by atoms with Crippen LogP contribution in [0.3, 0.4) is 0 Å². The largest absolute Gasteiger partial charge is 0.228 e. The molecule has 236 valence electrons. The lowest BCUT2D eigenvalue weighted by Crippen LogP contribution is -2.16. The van der Waals surface area contributed by atoms with Gasteiger partial charge in [0.25, 0.3) is 0 Å². The van der Waals surface area contributed by atoms with Crippen LogP contribution in [0.25, 0.3) is 87.1 Å². The highest BCUT2D eigenvalue weighted by atomic mass is 32.1. The molecule has 1 aliphatic carbocycles. The molecule has 50 heavy (non-hydrogen) atoms. The van der Waals surface area contributed by atoms with Crippen molar-refractivity contribution in [3.63, 3.8) is 0 Å². The van der Waals surface area contributed by atoms with E-state index in [0.29, 0.717) is 0 Å². The second kappa shape index (κ2) is 11.1. The Morgan fingerprint density at radius 3 is 1.94 bits per heavy atom. The third-order valence-electron chi connectivity index (χ3n) is 10.5. The fourth-order valence-electron chi connectivity index (χ4n) is 8.02. The number of fused-ring (bicyclic) bond motifs is 8. The standard InChI is InChI=1S/C47H32N2S/c1-47(2)40-20-8-6-18-35(40)37-23-24-38-44(33-22-25-42-39(28-33)36-19-7-9-21-41(36)50-42)48-46(49-45(38)43(37)47)34-17-11-16-32(27-34)31-15-10-14-30(26-31)29-12-4-3-5-13-29/h3-28H,1-2H3. The minimum Gasteiger partial charge on any atom is -0.228 e. The van der Waals surface area contributed by atoms with E-state index in [0.717, 1.165) is 39.1 Å².